The van der Waals surface area contributed by atoms with Crippen LogP contribution in [0.25, 0.3) is 5.57 Å². The molecule has 0 aromatic heterocycles. The minimum Gasteiger partial charge on any atom is -0.507 e. The number of phenolic OH excluding ortho intramolecular Hbond substituents is 2. The summed E-state index contributed by atoms with van der Waals surface area (Å²) >= 11 is 0. The Morgan fingerprint density at radius 2 is 1.09 bits per heavy atom. The first kappa shape index (κ1) is 56.5. The number of aliphatic hydroxyl groups is 6. The van der Waals surface area contributed by atoms with Crippen LogP contribution >= 0.6 is 0 Å². The van der Waals surface area contributed by atoms with Crippen LogP contribution in [-0.2, 0) is 58.5 Å². The topological polar surface area (TPSA) is 307 Å². The van der Waals surface area contributed by atoms with Gasteiger partial charge in [0.1, 0.15) is 41.7 Å². The summed E-state index contributed by atoms with van der Waals surface area (Å²) in [5.74, 6) is -2.38. The van der Waals surface area contributed by atoms with E-state index < -0.39 is 159 Å². The maximum Gasteiger partial charge on any atom is 0.202 e. The van der Waals surface area contributed by atoms with Crippen molar-refractivity contribution >= 4 is 17.1 Å². The highest BCUT2D eigenvalue weighted by molar-refractivity contribution is 6.42. The third-order valence-corrected chi connectivity index (χ3v) is 16.3. The molecule has 0 amide bonds. The van der Waals surface area contributed by atoms with Crippen LogP contribution in [0.5, 0.6) is 17.2 Å². The van der Waals surface area contributed by atoms with Crippen molar-refractivity contribution in [2.45, 2.75) is 248 Å². The number of rotatable bonds is 12. The predicted molar refractivity (Wildman–Crippen MR) is 264 cm³/mol. The van der Waals surface area contributed by atoms with Gasteiger partial charge in [-0.05, 0) is 90.6 Å². The molecular formula is C55H74O22. The molecule has 426 valence electrons. The van der Waals surface area contributed by atoms with Crippen LogP contribution in [0.3, 0.4) is 0 Å². The average molecular weight is 1090 g/mol. The highest BCUT2D eigenvalue weighted by Crippen LogP contribution is 2.48. The van der Waals surface area contributed by atoms with Crippen molar-refractivity contribution < 1.29 is 107 Å². The second-order valence-corrected chi connectivity index (χ2v) is 22.1. The number of ketones is 2. The van der Waals surface area contributed by atoms with E-state index in [9.17, 15) is 50.4 Å². The summed E-state index contributed by atoms with van der Waals surface area (Å²) in [5.41, 5.74) is 0.273. The summed E-state index contributed by atoms with van der Waals surface area (Å²) in [4.78, 5) is 28.4. The van der Waals surface area contributed by atoms with Crippen LogP contribution in [-0.4, -0.2) is 194 Å². The van der Waals surface area contributed by atoms with Gasteiger partial charge in [0, 0.05) is 61.7 Å². The Morgan fingerprint density at radius 3 is 1.79 bits per heavy atom. The zero-order valence-corrected chi connectivity index (χ0v) is 44.2. The molecule has 8 N–H and O–H groups in total. The van der Waals surface area contributed by atoms with Gasteiger partial charge in [0.15, 0.2) is 43.0 Å². The van der Waals surface area contributed by atoms with E-state index in [1.54, 1.807) is 47.6 Å². The Bertz CT molecular complexity index is 2480. The van der Waals surface area contributed by atoms with Crippen molar-refractivity contribution in [2.75, 3.05) is 0 Å². The Balaban J connectivity index is 0.721. The van der Waals surface area contributed by atoms with E-state index in [1.807, 2.05) is 6.92 Å². The molecule has 2 aliphatic carbocycles. The van der Waals surface area contributed by atoms with E-state index in [-0.39, 0.29) is 71.4 Å². The Morgan fingerprint density at radius 1 is 0.494 bits per heavy atom. The number of aromatic hydroxyl groups is 2. The van der Waals surface area contributed by atoms with Crippen molar-refractivity contribution in [3.05, 3.63) is 57.7 Å². The molecule has 23 atom stereocenters. The van der Waals surface area contributed by atoms with Crippen molar-refractivity contribution in [1.82, 2.24) is 0 Å². The number of carbonyl (C=O) groups is 2. The monoisotopic (exact) mass is 1090 g/mol. The molecule has 0 bridgehead atoms. The molecule has 22 nitrogen and oxygen atoms in total. The fraction of sp³-hybridized carbons (Fsp3) is 0.709. The summed E-state index contributed by atoms with van der Waals surface area (Å²) < 4.78 is 74.5. The maximum atomic E-state index is 14.3. The molecule has 22 heteroatoms. The molecule has 2 aromatic carbocycles. The average Bonchev–Trinajstić information content (AvgIpc) is 3.45. The van der Waals surface area contributed by atoms with Crippen LogP contribution in [0.15, 0.2) is 29.8 Å². The number of aryl methyl sites for hydroxylation is 1. The van der Waals surface area contributed by atoms with Crippen molar-refractivity contribution in [2.24, 2.45) is 0 Å². The molecule has 77 heavy (non-hydrogen) atoms. The van der Waals surface area contributed by atoms with Crippen molar-refractivity contribution in [3.63, 3.8) is 0 Å². The van der Waals surface area contributed by atoms with Gasteiger partial charge in [0.25, 0.3) is 0 Å². The summed E-state index contributed by atoms with van der Waals surface area (Å²) in [5, 5.41) is 88.0. The summed E-state index contributed by atoms with van der Waals surface area (Å²) in [6.07, 6.45) is -16.5. The Kier molecular flexibility index (Phi) is 16.9. The lowest BCUT2D eigenvalue weighted by atomic mass is 9.72. The predicted octanol–water partition coefficient (Wildman–Crippen LogP) is 2.85. The number of allylic oxidation sites excluding steroid dienone is 1. The van der Waals surface area contributed by atoms with Crippen LogP contribution in [0.1, 0.15) is 130 Å². The highest BCUT2D eigenvalue weighted by atomic mass is 16.8. The molecule has 6 aliphatic heterocycles. The molecule has 2 aromatic rings. The molecule has 8 aliphatic rings. The summed E-state index contributed by atoms with van der Waals surface area (Å²) in [6, 6.07) is 5.70. The third kappa shape index (κ3) is 11.6. The normalized spacial score (nSPS) is 42.6. The molecule has 0 spiro atoms. The molecule has 6 saturated heterocycles. The molecule has 6 heterocycles. The first-order chi connectivity index (χ1) is 36.6. The second-order valence-electron chi connectivity index (χ2n) is 22.1. The SMILES string of the molecule is Cc1cc(O)c2c(c1)C[C@@H](O)C1=C2C(=O)c2c(O)ccc(O[C@H]3C[C@@H](O)[C@H](O[C@H]4O[C@@H](C)[C@H](O)C[C@@H]4O[C@@H]4CC[C@@H](O[C@@H]5C[C@H](O)[C@@H](O[C@H]6C[C@@H](O[C@@H]7CC[C@H](O)[C@H](C)O7)[C@@H](O)[C@H](C)O6)[C@H](C)O5)[C@H](C)O4)[C@@H](C)O3)c2C1=O. The van der Waals surface area contributed by atoms with Crippen molar-refractivity contribution in [3.8, 4) is 17.2 Å². The zero-order valence-electron chi connectivity index (χ0n) is 44.2. The number of aliphatic hydroxyl groups excluding tert-OH is 6. The van der Waals surface area contributed by atoms with Crippen LogP contribution < -0.4 is 4.74 Å². The lowest BCUT2D eigenvalue weighted by molar-refractivity contribution is -0.351. The summed E-state index contributed by atoms with van der Waals surface area (Å²) in [7, 11) is 0. The molecule has 0 radical (unpaired) electrons. The molecule has 10 rings (SSSR count). The molecule has 0 saturated carbocycles. The summed E-state index contributed by atoms with van der Waals surface area (Å²) in [6.45, 7) is 12.2. The molecular weight excluding hydrogens is 1010 g/mol. The minimum atomic E-state index is -1.38. The van der Waals surface area contributed by atoms with Crippen LogP contribution in [0.4, 0.5) is 0 Å². The number of fused-ring (bicyclic) bond motifs is 3. The number of hydrogen-bond acceptors (Lipinski definition) is 22. The fourth-order valence-corrected chi connectivity index (χ4v) is 12.1. The van der Waals surface area contributed by atoms with E-state index in [4.69, 9.17) is 56.8 Å². The van der Waals surface area contributed by atoms with Gasteiger partial charge in [-0.2, -0.15) is 0 Å². The fourth-order valence-electron chi connectivity index (χ4n) is 12.1. The number of phenols is 2. The van der Waals surface area contributed by atoms with E-state index >= 15 is 0 Å². The van der Waals surface area contributed by atoms with Crippen molar-refractivity contribution in [1.29, 1.82) is 0 Å². The minimum absolute atomic E-state index is 0.0303. The maximum absolute atomic E-state index is 14.3. The molecule has 6 fully saturated rings. The van der Waals surface area contributed by atoms with Gasteiger partial charge < -0.3 is 97.7 Å². The second kappa shape index (κ2) is 23.0. The number of Topliss-reactive ketones (excluding diaryl/α,β-unsaturated/α-hetero) is 2. The van der Waals surface area contributed by atoms with Gasteiger partial charge >= 0.3 is 0 Å². The van der Waals surface area contributed by atoms with E-state index in [0.29, 0.717) is 36.8 Å². The van der Waals surface area contributed by atoms with Gasteiger partial charge in [0.2, 0.25) is 6.29 Å². The van der Waals surface area contributed by atoms with Gasteiger partial charge in [-0.1, -0.05) is 6.07 Å². The van der Waals surface area contributed by atoms with Crippen LogP contribution in [0, 0.1) is 6.92 Å². The first-order valence-corrected chi connectivity index (χ1v) is 27.1. The quantitative estimate of drug-likeness (QED) is 0.152. The van der Waals surface area contributed by atoms with E-state index in [1.165, 1.54) is 18.2 Å². The van der Waals surface area contributed by atoms with Gasteiger partial charge in [0.05, 0.1) is 90.5 Å². The van der Waals surface area contributed by atoms with Crippen LogP contribution in [0.2, 0.25) is 0 Å². The Hall–Kier alpha value is -3.76. The number of hydrogen-bond donors (Lipinski definition) is 8. The van der Waals surface area contributed by atoms with E-state index in [0.717, 1.165) is 0 Å². The van der Waals surface area contributed by atoms with E-state index in [2.05, 4.69) is 0 Å². The lowest BCUT2D eigenvalue weighted by Crippen LogP contribution is -2.57. The standard InChI is InChI=1S/C55H74O22/c1-21-14-28-16-33(60)47-49(45(28)32(59)15-21)52(65)46-30(57)8-10-37(48(46)51(47)64)73-43-19-35(62)54(27(7)70-43)77-55-39(17-31(58)23(3)71-55)75-41-13-11-36(24(4)67-41)72-42-18-34(61)53(26(6)69-42)76-44-20-38(50(63)25(5)68-44)74-40-12-9-29(56)22(2)66-40/h8,10,14-15,22-27,29,31,33-36,38-44,50,53-63H,9,11-13,16-20H2,1-7H3/t22-,23-,24-,25-,26-,27+,29-,31+,33+,34-,35+,36+,38+,39-,40+,41+,42+,43-,44-,50-,53-,54+,55+/m0/s1. The number of carbonyl (C=O) groups excluding carboxylic acids is 2. The Labute approximate surface area is 445 Å². The van der Waals surface area contributed by atoms with Gasteiger partial charge in [-0.25, -0.2) is 0 Å². The number of ether oxygens (including phenoxy) is 12. The smallest absolute Gasteiger partial charge is 0.202 e. The zero-order chi connectivity index (χ0) is 54.9. The molecule has 0 unspecified atom stereocenters. The largest absolute Gasteiger partial charge is 0.507 e. The highest BCUT2D eigenvalue weighted by Gasteiger charge is 2.49. The van der Waals surface area contributed by atoms with Gasteiger partial charge in [-0.3, -0.25) is 9.59 Å². The first-order valence-electron chi connectivity index (χ1n) is 27.1. The third-order valence-electron chi connectivity index (χ3n) is 16.3. The number of benzene rings is 2. The van der Waals surface area contributed by atoms with Gasteiger partial charge in [-0.15, -0.1) is 0 Å². The lowest BCUT2D eigenvalue weighted by Gasteiger charge is -2.45.